The van der Waals surface area contributed by atoms with Crippen molar-refractivity contribution in [3.63, 3.8) is 0 Å². The predicted molar refractivity (Wildman–Crippen MR) is 63.1 cm³/mol. The summed E-state index contributed by atoms with van der Waals surface area (Å²) in [4.78, 5) is 0. The Morgan fingerprint density at radius 1 is 1.23 bits per heavy atom. The lowest BCUT2D eigenvalue weighted by Gasteiger charge is -2.34. The van der Waals surface area contributed by atoms with Gasteiger partial charge in [-0.2, -0.15) is 0 Å². The minimum Gasteiger partial charge on any atom is -0.381 e. The van der Waals surface area contributed by atoms with Crippen molar-refractivity contribution in [3.05, 3.63) is 12.2 Å². The predicted octanol–water partition coefficient (Wildman–Crippen LogP) is 3.11. The maximum absolute atomic E-state index is 5.00. The zero-order valence-electron chi connectivity index (χ0n) is 9.50. The van der Waals surface area contributed by atoms with Crippen LogP contribution in [0.4, 0.5) is 0 Å². The number of ether oxygens (including phenoxy) is 1. The van der Waals surface area contributed by atoms with E-state index in [1.165, 1.54) is 0 Å². The molecule has 0 heterocycles. The molecule has 0 spiro atoms. The van der Waals surface area contributed by atoms with E-state index in [-0.39, 0.29) is 5.16 Å². The Morgan fingerprint density at radius 3 is 2.00 bits per heavy atom. The van der Waals surface area contributed by atoms with Gasteiger partial charge in [-0.3, -0.25) is 0 Å². The second kappa shape index (κ2) is 5.78. The van der Waals surface area contributed by atoms with Gasteiger partial charge < -0.3 is 4.74 Å². The fourth-order valence-electron chi connectivity index (χ4n) is 1.40. The molecule has 13 heavy (non-hydrogen) atoms. The van der Waals surface area contributed by atoms with Gasteiger partial charge in [0.05, 0.1) is 6.61 Å². The molecule has 0 aliphatic carbocycles. The molecule has 0 bridgehead atoms. The Hall–Kier alpha value is 0.130. The fourth-order valence-corrected chi connectivity index (χ4v) is 1.54. The molecule has 1 atom stereocenters. The van der Waals surface area contributed by atoms with Gasteiger partial charge in [-0.1, -0.05) is 39.8 Å². The fraction of sp³-hybridized carbons (Fsp3) is 0.818. The van der Waals surface area contributed by atoms with Crippen molar-refractivity contribution in [3.8, 4) is 0 Å². The topological polar surface area (TPSA) is 9.23 Å². The summed E-state index contributed by atoms with van der Waals surface area (Å²) in [5, 5.41) is 0.207. The Balaban J connectivity index is 4.42. The molecule has 0 amide bonds. The van der Waals surface area contributed by atoms with Crippen LogP contribution in [0.5, 0.6) is 0 Å². The summed E-state index contributed by atoms with van der Waals surface area (Å²) in [7, 11) is 4.70. The minimum atomic E-state index is 0.207. The van der Waals surface area contributed by atoms with Crippen molar-refractivity contribution < 1.29 is 4.74 Å². The summed E-state index contributed by atoms with van der Waals surface area (Å²) >= 11 is 0. The highest BCUT2D eigenvalue weighted by Gasteiger charge is 2.28. The normalized spacial score (nSPS) is 13.5. The zero-order chi connectivity index (χ0) is 10.5. The molecule has 0 aliphatic rings. The number of rotatable bonds is 5. The van der Waals surface area contributed by atoms with E-state index in [9.17, 15) is 0 Å². The molecule has 0 radical (unpaired) electrons. The van der Waals surface area contributed by atoms with Crippen LogP contribution in [-0.2, 0) is 4.74 Å². The van der Waals surface area contributed by atoms with E-state index in [0.717, 1.165) is 0 Å². The molecule has 0 fully saturated rings. The molecule has 1 unspecified atom stereocenters. The van der Waals surface area contributed by atoms with Crippen LogP contribution in [0.15, 0.2) is 12.2 Å². The summed E-state index contributed by atoms with van der Waals surface area (Å²) < 4.78 is 5.00. The Bertz CT molecular complexity index is 153. The molecule has 0 aromatic heterocycles. The quantitative estimate of drug-likeness (QED) is 0.491. The summed E-state index contributed by atoms with van der Waals surface area (Å²) in [6.45, 7) is 9.72. The van der Waals surface area contributed by atoms with E-state index in [1.54, 1.807) is 7.11 Å². The number of hydrogen-bond acceptors (Lipinski definition) is 1. The van der Waals surface area contributed by atoms with E-state index in [0.29, 0.717) is 18.4 Å². The van der Waals surface area contributed by atoms with Crippen molar-refractivity contribution >= 4 is 9.24 Å². The van der Waals surface area contributed by atoms with E-state index in [2.05, 4.69) is 49.1 Å². The van der Waals surface area contributed by atoms with Gasteiger partial charge in [0.15, 0.2) is 0 Å². The van der Waals surface area contributed by atoms with Crippen LogP contribution in [0.2, 0.25) is 0 Å². The number of allylic oxidation sites excluding steroid dienone is 1. The second-order valence-electron chi connectivity index (χ2n) is 4.17. The number of methoxy groups -OCH3 is 1. The van der Waals surface area contributed by atoms with Gasteiger partial charge in [0.1, 0.15) is 0 Å². The summed E-state index contributed by atoms with van der Waals surface area (Å²) in [5.74, 6) is 1.26. The molecule has 0 N–H and O–H groups in total. The highest BCUT2D eigenvalue weighted by Crippen LogP contribution is 2.36. The largest absolute Gasteiger partial charge is 0.381 e. The van der Waals surface area contributed by atoms with E-state index < -0.39 is 0 Å². The SMILES string of the molecule is COCC=CC(P)(C(C)C)C(C)C. The molecule has 0 saturated heterocycles. The van der Waals surface area contributed by atoms with Crippen LogP contribution >= 0.6 is 9.24 Å². The average Bonchev–Trinajstić information content (AvgIpc) is 2.03. The molecule has 0 aromatic carbocycles. The monoisotopic (exact) mass is 202 g/mol. The number of hydrogen-bond donors (Lipinski definition) is 0. The van der Waals surface area contributed by atoms with E-state index in [1.807, 2.05) is 0 Å². The summed E-state index contributed by atoms with van der Waals surface area (Å²) in [5.41, 5.74) is 0. The van der Waals surface area contributed by atoms with Gasteiger partial charge in [0.25, 0.3) is 0 Å². The summed E-state index contributed by atoms with van der Waals surface area (Å²) in [6, 6.07) is 0. The van der Waals surface area contributed by atoms with E-state index >= 15 is 0 Å². The minimum absolute atomic E-state index is 0.207. The summed E-state index contributed by atoms with van der Waals surface area (Å²) in [6.07, 6.45) is 4.36. The van der Waals surface area contributed by atoms with Crippen LogP contribution in [0.1, 0.15) is 27.7 Å². The highest BCUT2D eigenvalue weighted by molar-refractivity contribution is 7.19. The molecule has 1 nitrogen and oxygen atoms in total. The van der Waals surface area contributed by atoms with Gasteiger partial charge in [-0.05, 0) is 11.8 Å². The van der Waals surface area contributed by atoms with E-state index in [4.69, 9.17) is 4.74 Å². The van der Waals surface area contributed by atoms with Gasteiger partial charge in [0.2, 0.25) is 0 Å². The smallest absolute Gasteiger partial charge is 0.0643 e. The van der Waals surface area contributed by atoms with Gasteiger partial charge in [-0.25, -0.2) is 0 Å². The molecule has 0 aliphatic heterocycles. The third kappa shape index (κ3) is 3.79. The van der Waals surface area contributed by atoms with Crippen molar-refractivity contribution in [2.75, 3.05) is 13.7 Å². The van der Waals surface area contributed by atoms with Gasteiger partial charge in [0, 0.05) is 12.3 Å². The first-order valence-electron chi connectivity index (χ1n) is 4.90. The van der Waals surface area contributed by atoms with Crippen LogP contribution in [0, 0.1) is 11.8 Å². The lowest BCUT2D eigenvalue weighted by atomic mass is 9.84. The van der Waals surface area contributed by atoms with Crippen molar-refractivity contribution in [1.29, 1.82) is 0 Å². The van der Waals surface area contributed by atoms with Crippen LogP contribution in [-0.4, -0.2) is 18.9 Å². The molecule has 0 aromatic rings. The highest BCUT2D eigenvalue weighted by atomic mass is 31.0. The Kier molecular flexibility index (Phi) is 5.83. The van der Waals surface area contributed by atoms with Crippen molar-refractivity contribution in [1.82, 2.24) is 0 Å². The Morgan fingerprint density at radius 2 is 1.69 bits per heavy atom. The molecule has 78 valence electrons. The van der Waals surface area contributed by atoms with Crippen LogP contribution < -0.4 is 0 Å². The maximum atomic E-state index is 5.00. The molecular weight excluding hydrogens is 179 g/mol. The third-order valence-electron chi connectivity index (χ3n) is 2.67. The Labute approximate surface area is 85.1 Å². The average molecular weight is 202 g/mol. The first-order chi connectivity index (χ1) is 5.95. The lowest BCUT2D eigenvalue weighted by Crippen LogP contribution is -2.31. The van der Waals surface area contributed by atoms with Gasteiger partial charge in [-0.15, -0.1) is 9.24 Å². The first-order valence-corrected chi connectivity index (χ1v) is 5.48. The maximum Gasteiger partial charge on any atom is 0.0643 e. The second-order valence-corrected chi connectivity index (χ2v) is 5.17. The van der Waals surface area contributed by atoms with Crippen molar-refractivity contribution in [2.24, 2.45) is 11.8 Å². The van der Waals surface area contributed by atoms with Crippen LogP contribution in [0.25, 0.3) is 0 Å². The zero-order valence-corrected chi connectivity index (χ0v) is 10.7. The van der Waals surface area contributed by atoms with Crippen molar-refractivity contribution in [2.45, 2.75) is 32.9 Å². The van der Waals surface area contributed by atoms with Crippen LogP contribution in [0.3, 0.4) is 0 Å². The van der Waals surface area contributed by atoms with Gasteiger partial charge >= 0.3 is 0 Å². The molecule has 2 heteroatoms. The lowest BCUT2D eigenvalue weighted by molar-refractivity contribution is 0.233. The first kappa shape index (κ1) is 13.1. The third-order valence-corrected chi connectivity index (χ3v) is 4.20. The molecule has 0 rings (SSSR count). The molecular formula is C11H23OP. The standard InChI is InChI=1S/C11H23OP/c1-9(2)11(13,10(3)4)7-6-8-12-5/h6-7,9-10H,8,13H2,1-5H3. The molecule has 0 saturated carbocycles.